The molecule has 2 heterocycles. The van der Waals surface area contributed by atoms with Gasteiger partial charge in [-0.05, 0) is 48.9 Å². The van der Waals surface area contributed by atoms with Crippen LogP contribution in [0, 0.1) is 6.92 Å². The van der Waals surface area contributed by atoms with Crippen LogP contribution in [0.1, 0.15) is 27.7 Å². The molecule has 0 aliphatic rings. The summed E-state index contributed by atoms with van der Waals surface area (Å²) in [7, 11) is 0. The molecule has 0 spiro atoms. The number of hydrogen-bond acceptors (Lipinski definition) is 3. The topological polar surface area (TPSA) is 42.2 Å². The molecule has 0 fully saturated rings. The third-order valence-corrected chi connectivity index (χ3v) is 3.50. The smallest absolute Gasteiger partial charge is 0.261 e. The summed E-state index contributed by atoms with van der Waals surface area (Å²) in [6.45, 7) is 3.98. The molecule has 0 unspecified atom stereocenters. The minimum atomic E-state index is -0.000838. The van der Waals surface area contributed by atoms with Gasteiger partial charge >= 0.3 is 0 Å². The van der Waals surface area contributed by atoms with Crippen molar-refractivity contribution in [1.29, 1.82) is 0 Å². The molecule has 3 nitrogen and oxygen atoms in total. The molecule has 2 rings (SSSR count). The highest BCUT2D eigenvalue weighted by molar-refractivity contribution is 7.12. The average Bonchev–Trinajstić information content (AvgIpc) is 2.89. The summed E-state index contributed by atoms with van der Waals surface area (Å²) in [5.74, 6) is -0.000838. The summed E-state index contributed by atoms with van der Waals surface area (Å²) in [5, 5.41) is 4.96. The van der Waals surface area contributed by atoms with Crippen LogP contribution >= 0.6 is 11.3 Å². The van der Waals surface area contributed by atoms with Crippen LogP contribution in [0.4, 0.5) is 0 Å². The molecule has 0 aliphatic heterocycles. The van der Waals surface area contributed by atoms with E-state index in [1.807, 2.05) is 31.4 Å². The van der Waals surface area contributed by atoms with Gasteiger partial charge in [-0.2, -0.15) is 0 Å². The first kappa shape index (κ1) is 11.9. The molecule has 0 aromatic carbocycles. The molecule has 1 N–H and O–H groups in total. The number of amides is 1. The Hall–Kier alpha value is -1.55. The first-order valence-corrected chi connectivity index (χ1v) is 6.40. The second kappa shape index (κ2) is 5.19. The van der Waals surface area contributed by atoms with Gasteiger partial charge in [0.05, 0.1) is 17.4 Å². The van der Waals surface area contributed by atoms with Gasteiger partial charge in [0, 0.05) is 6.04 Å². The molecular weight excluding hydrogens is 234 g/mol. The normalized spacial score (nSPS) is 12.4. The van der Waals surface area contributed by atoms with Gasteiger partial charge in [-0.15, -0.1) is 11.3 Å². The Labute approximate surface area is 104 Å². The summed E-state index contributed by atoms with van der Waals surface area (Å²) in [4.78, 5) is 12.6. The Bertz CT molecular complexity index is 487. The fourth-order valence-corrected chi connectivity index (χ4v) is 2.46. The van der Waals surface area contributed by atoms with Gasteiger partial charge < -0.3 is 9.73 Å². The van der Waals surface area contributed by atoms with Crippen LogP contribution in [-0.4, -0.2) is 11.9 Å². The maximum Gasteiger partial charge on any atom is 0.261 e. The Morgan fingerprint density at radius 2 is 2.41 bits per heavy atom. The van der Waals surface area contributed by atoms with Gasteiger partial charge in [0.25, 0.3) is 5.91 Å². The third-order valence-electron chi connectivity index (χ3n) is 2.45. The lowest BCUT2D eigenvalue weighted by atomic mass is 10.1. The van der Waals surface area contributed by atoms with Gasteiger partial charge in [0.1, 0.15) is 0 Å². The summed E-state index contributed by atoms with van der Waals surface area (Å²) < 4.78 is 5.00. The Kier molecular flexibility index (Phi) is 3.64. The number of carbonyl (C=O) groups excluding carboxylic acids is 1. The van der Waals surface area contributed by atoms with E-state index in [1.165, 1.54) is 11.3 Å². The van der Waals surface area contributed by atoms with Gasteiger partial charge in [-0.3, -0.25) is 4.79 Å². The van der Waals surface area contributed by atoms with Crippen molar-refractivity contribution >= 4 is 17.2 Å². The summed E-state index contributed by atoms with van der Waals surface area (Å²) >= 11 is 1.48. The van der Waals surface area contributed by atoms with Crippen molar-refractivity contribution in [2.24, 2.45) is 0 Å². The Balaban J connectivity index is 1.90. The molecule has 90 valence electrons. The van der Waals surface area contributed by atoms with Crippen molar-refractivity contribution in [3.05, 3.63) is 46.0 Å². The highest BCUT2D eigenvalue weighted by Crippen LogP contribution is 2.14. The van der Waals surface area contributed by atoms with E-state index in [0.29, 0.717) is 0 Å². The zero-order chi connectivity index (χ0) is 12.3. The first-order chi connectivity index (χ1) is 8.15. The number of thiophene rings is 1. The van der Waals surface area contributed by atoms with E-state index in [1.54, 1.807) is 12.5 Å². The second-order valence-electron chi connectivity index (χ2n) is 4.20. The Morgan fingerprint density at radius 1 is 1.59 bits per heavy atom. The number of rotatable bonds is 4. The van der Waals surface area contributed by atoms with E-state index in [0.717, 1.165) is 22.4 Å². The van der Waals surface area contributed by atoms with E-state index >= 15 is 0 Å². The minimum Gasteiger partial charge on any atom is -0.472 e. The van der Waals surface area contributed by atoms with E-state index in [2.05, 4.69) is 5.32 Å². The standard InChI is InChI=1S/C13H15NO2S/c1-9-5-12(17-8-9)13(15)14-10(2)6-11-3-4-16-7-11/h3-5,7-8,10H,6H2,1-2H3,(H,14,15)/t10-/m0/s1. The van der Waals surface area contributed by atoms with Crippen molar-refractivity contribution in [2.75, 3.05) is 0 Å². The SMILES string of the molecule is Cc1csc(C(=O)N[C@@H](C)Cc2ccoc2)c1. The van der Waals surface area contributed by atoms with Crippen LogP contribution in [-0.2, 0) is 6.42 Å². The zero-order valence-electron chi connectivity index (χ0n) is 9.90. The lowest BCUT2D eigenvalue weighted by Crippen LogP contribution is -2.33. The maximum absolute atomic E-state index is 11.9. The fraction of sp³-hybridized carbons (Fsp3) is 0.308. The number of carbonyl (C=O) groups is 1. The fourth-order valence-electron chi connectivity index (χ4n) is 1.66. The predicted octanol–water partition coefficient (Wildman–Crippen LogP) is 3.01. The van der Waals surface area contributed by atoms with Crippen molar-refractivity contribution in [2.45, 2.75) is 26.3 Å². The van der Waals surface area contributed by atoms with E-state index < -0.39 is 0 Å². The average molecular weight is 249 g/mol. The second-order valence-corrected chi connectivity index (χ2v) is 5.11. The molecule has 4 heteroatoms. The van der Waals surface area contributed by atoms with Crippen LogP contribution in [0.5, 0.6) is 0 Å². The van der Waals surface area contributed by atoms with E-state index in [4.69, 9.17) is 4.42 Å². The molecule has 1 atom stereocenters. The largest absolute Gasteiger partial charge is 0.472 e. The molecule has 0 bridgehead atoms. The van der Waals surface area contributed by atoms with E-state index in [-0.39, 0.29) is 11.9 Å². The Morgan fingerprint density at radius 3 is 3.00 bits per heavy atom. The first-order valence-electron chi connectivity index (χ1n) is 5.52. The molecule has 2 aromatic rings. The number of aryl methyl sites for hydroxylation is 1. The molecule has 0 saturated carbocycles. The molecule has 17 heavy (non-hydrogen) atoms. The molecule has 0 saturated heterocycles. The summed E-state index contributed by atoms with van der Waals surface area (Å²) in [6.07, 6.45) is 4.14. The number of nitrogens with one attached hydrogen (secondary N) is 1. The summed E-state index contributed by atoms with van der Waals surface area (Å²) in [6, 6.07) is 3.92. The van der Waals surface area contributed by atoms with Crippen molar-refractivity contribution in [3.63, 3.8) is 0 Å². The minimum absolute atomic E-state index is 0.000838. The van der Waals surface area contributed by atoms with Crippen LogP contribution in [0.25, 0.3) is 0 Å². The molecule has 2 aromatic heterocycles. The number of hydrogen-bond donors (Lipinski definition) is 1. The third kappa shape index (κ3) is 3.20. The monoisotopic (exact) mass is 249 g/mol. The quantitative estimate of drug-likeness (QED) is 0.905. The van der Waals surface area contributed by atoms with Crippen molar-refractivity contribution in [3.8, 4) is 0 Å². The highest BCUT2D eigenvalue weighted by Gasteiger charge is 2.12. The predicted molar refractivity (Wildman–Crippen MR) is 68.4 cm³/mol. The molecule has 0 aliphatic carbocycles. The van der Waals surface area contributed by atoms with Gasteiger partial charge in [-0.25, -0.2) is 0 Å². The van der Waals surface area contributed by atoms with Gasteiger partial charge in [-0.1, -0.05) is 0 Å². The van der Waals surface area contributed by atoms with Crippen LogP contribution < -0.4 is 5.32 Å². The van der Waals surface area contributed by atoms with Crippen molar-refractivity contribution < 1.29 is 9.21 Å². The highest BCUT2D eigenvalue weighted by atomic mass is 32.1. The van der Waals surface area contributed by atoms with Crippen LogP contribution in [0.3, 0.4) is 0 Å². The molecular formula is C13H15NO2S. The zero-order valence-corrected chi connectivity index (χ0v) is 10.7. The molecule has 1 amide bonds. The number of furan rings is 1. The lowest BCUT2D eigenvalue weighted by molar-refractivity contribution is 0.0944. The van der Waals surface area contributed by atoms with Crippen molar-refractivity contribution in [1.82, 2.24) is 5.32 Å². The van der Waals surface area contributed by atoms with Crippen LogP contribution in [0.2, 0.25) is 0 Å². The van der Waals surface area contributed by atoms with Gasteiger partial charge in [0.2, 0.25) is 0 Å². The lowest BCUT2D eigenvalue weighted by Gasteiger charge is -2.11. The maximum atomic E-state index is 11.9. The molecule has 0 radical (unpaired) electrons. The van der Waals surface area contributed by atoms with Gasteiger partial charge in [0.15, 0.2) is 0 Å². The van der Waals surface area contributed by atoms with Crippen LogP contribution in [0.15, 0.2) is 34.5 Å². The van der Waals surface area contributed by atoms with E-state index in [9.17, 15) is 4.79 Å². The summed E-state index contributed by atoms with van der Waals surface area (Å²) in [5.41, 5.74) is 2.22.